The van der Waals surface area contributed by atoms with Gasteiger partial charge in [0.05, 0.1) is 17.4 Å². The summed E-state index contributed by atoms with van der Waals surface area (Å²) in [4.78, 5) is 0. The Labute approximate surface area is 186 Å². The summed E-state index contributed by atoms with van der Waals surface area (Å²) in [7, 11) is 9.23. The molecule has 0 rings (SSSR count). The van der Waals surface area contributed by atoms with E-state index in [9.17, 15) is 0 Å². The van der Waals surface area contributed by atoms with Crippen LogP contribution in [0.3, 0.4) is 0 Å². The second-order valence-electron chi connectivity index (χ2n) is 7.90. The molecule has 0 bridgehead atoms. The molecule has 7 nitrogen and oxygen atoms in total. The Kier molecular flexibility index (Phi) is 14.1. The van der Waals surface area contributed by atoms with Gasteiger partial charge in [0.15, 0.2) is 5.79 Å². The highest BCUT2D eigenvalue weighted by molar-refractivity contribution is 6.47. The molecule has 0 N–H and O–H groups in total. The Bertz CT molecular complexity index is 431. The Balaban J connectivity index is 7.01. The molecule has 2 unspecified atom stereocenters. The molecular weight excluding hydrogens is 404 g/mol. The molecule has 8 heteroatoms. The molecule has 0 amide bonds. The third kappa shape index (κ3) is 5.28. The molecule has 0 aromatic heterocycles. The van der Waals surface area contributed by atoms with E-state index in [-0.39, 0.29) is 12.0 Å². The average molecular weight is 453 g/mol. The van der Waals surface area contributed by atoms with Crippen LogP contribution in [0, 0.1) is 11.3 Å². The van der Waals surface area contributed by atoms with Crippen molar-refractivity contribution in [2.45, 2.75) is 83.5 Å². The van der Waals surface area contributed by atoms with Crippen molar-refractivity contribution < 1.29 is 32.5 Å². The van der Waals surface area contributed by atoms with Gasteiger partial charge in [-0.15, -0.1) is 0 Å². The highest BCUT2D eigenvalue weighted by atomic mass is 28.3. The van der Waals surface area contributed by atoms with Gasteiger partial charge in [0.2, 0.25) is 5.41 Å². The Morgan fingerprint density at radius 1 is 0.700 bits per heavy atom. The zero-order valence-corrected chi connectivity index (χ0v) is 22.5. The first kappa shape index (κ1) is 29.9. The lowest BCUT2D eigenvalue weighted by Crippen LogP contribution is -2.70. The van der Waals surface area contributed by atoms with Crippen molar-refractivity contribution in [3.8, 4) is 0 Å². The summed E-state index contributed by atoms with van der Waals surface area (Å²) in [5.74, 6) is -1.43. The lowest BCUT2D eigenvalue weighted by Gasteiger charge is -2.58. The van der Waals surface area contributed by atoms with E-state index >= 15 is 0 Å². The Morgan fingerprint density at radius 2 is 1.17 bits per heavy atom. The van der Waals surface area contributed by atoms with Crippen molar-refractivity contribution >= 4 is 9.28 Å². The van der Waals surface area contributed by atoms with Gasteiger partial charge >= 0.3 is 9.28 Å². The van der Waals surface area contributed by atoms with Crippen LogP contribution in [-0.4, -0.2) is 76.4 Å². The maximum absolute atomic E-state index is 6.35. The van der Waals surface area contributed by atoms with Crippen LogP contribution in [0.2, 0.25) is 0 Å². The molecule has 0 aromatic rings. The van der Waals surface area contributed by atoms with Gasteiger partial charge in [-0.05, 0) is 19.3 Å². The fourth-order valence-corrected chi connectivity index (χ4v) is 7.45. The molecule has 0 aromatic carbocycles. The van der Waals surface area contributed by atoms with Crippen molar-refractivity contribution in [3.05, 3.63) is 0 Å². The molecule has 0 aliphatic heterocycles. The van der Waals surface area contributed by atoms with Crippen molar-refractivity contribution in [1.82, 2.24) is 0 Å². The predicted octanol–water partition coefficient (Wildman–Crippen LogP) is 4.05. The van der Waals surface area contributed by atoms with Crippen LogP contribution in [-0.2, 0) is 32.5 Å². The van der Waals surface area contributed by atoms with E-state index in [0.717, 1.165) is 38.5 Å². The fraction of sp³-hybridized carbons (Fsp3) is 1.00. The topological polar surface area (TPSA) is 64.6 Å². The van der Waals surface area contributed by atoms with E-state index in [1.54, 1.807) is 49.8 Å². The summed E-state index contributed by atoms with van der Waals surface area (Å²) < 4.78 is 42.3. The molecule has 0 fully saturated rings. The zero-order chi connectivity index (χ0) is 23.4. The lowest BCUT2D eigenvalue weighted by atomic mass is 9.63. The molecule has 0 saturated carbocycles. The van der Waals surface area contributed by atoms with Crippen molar-refractivity contribution in [2.75, 3.05) is 49.8 Å². The van der Waals surface area contributed by atoms with Gasteiger partial charge in [-0.3, -0.25) is 0 Å². The summed E-state index contributed by atoms with van der Waals surface area (Å²) in [5, 5.41) is 0. The minimum atomic E-state index is -2.44. The van der Waals surface area contributed by atoms with Crippen LogP contribution >= 0.6 is 0 Å². The van der Waals surface area contributed by atoms with Gasteiger partial charge < -0.3 is 32.5 Å². The second-order valence-corrected chi connectivity index (χ2v) is 10.3. The summed E-state index contributed by atoms with van der Waals surface area (Å²) in [6.45, 7) is 8.58. The van der Waals surface area contributed by atoms with E-state index in [1.807, 2.05) is 6.92 Å². The van der Waals surface area contributed by atoms with Crippen molar-refractivity contribution in [3.63, 3.8) is 0 Å². The normalized spacial score (nSPS) is 15.6. The number of rotatable bonds is 18. The van der Waals surface area contributed by atoms with E-state index in [2.05, 4.69) is 20.8 Å². The van der Waals surface area contributed by atoms with Crippen LogP contribution in [0.25, 0.3) is 0 Å². The SMILES string of the molecule is CCCC(OC)C(CCC)(CCC)C(OC)(OC)C(C)C(OC)(OC)[SiH](OC)OC. The lowest BCUT2D eigenvalue weighted by molar-refractivity contribution is -0.368. The highest BCUT2D eigenvalue weighted by Gasteiger charge is 2.66. The first-order chi connectivity index (χ1) is 14.3. The summed E-state index contributed by atoms with van der Waals surface area (Å²) in [6.07, 6.45) is 5.53. The van der Waals surface area contributed by atoms with Gasteiger partial charge in [0, 0.05) is 49.8 Å². The van der Waals surface area contributed by atoms with Crippen LogP contribution in [0.1, 0.15) is 66.2 Å². The minimum absolute atomic E-state index is 0.0543. The minimum Gasteiger partial charge on any atom is -0.397 e. The van der Waals surface area contributed by atoms with Crippen molar-refractivity contribution in [2.24, 2.45) is 11.3 Å². The molecule has 0 aliphatic rings. The quantitative estimate of drug-likeness (QED) is 0.229. The molecule has 0 saturated heterocycles. The molecule has 182 valence electrons. The Morgan fingerprint density at radius 3 is 1.43 bits per heavy atom. The molecule has 0 spiro atoms. The van der Waals surface area contributed by atoms with Crippen LogP contribution in [0.5, 0.6) is 0 Å². The number of methoxy groups -OCH3 is 5. The largest absolute Gasteiger partial charge is 0.397 e. The second kappa shape index (κ2) is 14.2. The highest BCUT2D eigenvalue weighted by Crippen LogP contribution is 2.55. The van der Waals surface area contributed by atoms with E-state index in [1.165, 1.54) is 0 Å². The van der Waals surface area contributed by atoms with E-state index in [4.69, 9.17) is 32.5 Å². The molecule has 2 atom stereocenters. The van der Waals surface area contributed by atoms with Gasteiger partial charge in [-0.2, -0.15) is 0 Å². The smallest absolute Gasteiger partial charge is 0.384 e. The molecule has 0 heterocycles. The first-order valence-corrected chi connectivity index (χ1v) is 12.6. The maximum Gasteiger partial charge on any atom is 0.384 e. The third-order valence-corrected chi connectivity index (χ3v) is 9.20. The first-order valence-electron chi connectivity index (χ1n) is 11.1. The van der Waals surface area contributed by atoms with Crippen LogP contribution in [0.4, 0.5) is 0 Å². The zero-order valence-electron chi connectivity index (χ0n) is 21.3. The molecule has 30 heavy (non-hydrogen) atoms. The average Bonchev–Trinajstić information content (AvgIpc) is 2.77. The summed E-state index contributed by atoms with van der Waals surface area (Å²) in [5.41, 5.74) is -1.56. The Hall–Kier alpha value is -0.0631. The fourth-order valence-electron chi connectivity index (χ4n) is 5.59. The monoisotopic (exact) mass is 452 g/mol. The van der Waals surface area contributed by atoms with E-state index < -0.39 is 25.9 Å². The van der Waals surface area contributed by atoms with Gasteiger partial charge in [0.25, 0.3) is 0 Å². The standard InChI is InChI=1S/C22H48O7Si/c1-12-15-19(23-5)20(16-13-2,17-14-3)21(24-6,25-7)18(4)22(26-8,27-9)30(28-10)29-11/h18-19,30H,12-17H2,1-11H3. The molecular formula is C22H48O7Si. The number of hydrogen-bond acceptors (Lipinski definition) is 7. The molecule has 0 aliphatic carbocycles. The number of ether oxygens (including phenoxy) is 5. The summed E-state index contributed by atoms with van der Waals surface area (Å²) in [6, 6.07) is 0. The van der Waals surface area contributed by atoms with Gasteiger partial charge in [0.1, 0.15) is 0 Å². The molecule has 0 radical (unpaired) electrons. The van der Waals surface area contributed by atoms with E-state index in [0.29, 0.717) is 0 Å². The van der Waals surface area contributed by atoms with Crippen LogP contribution < -0.4 is 0 Å². The van der Waals surface area contributed by atoms with Crippen molar-refractivity contribution in [1.29, 1.82) is 0 Å². The van der Waals surface area contributed by atoms with Gasteiger partial charge in [-0.25, -0.2) is 0 Å². The predicted molar refractivity (Wildman–Crippen MR) is 122 cm³/mol. The third-order valence-electron chi connectivity index (χ3n) is 6.71. The van der Waals surface area contributed by atoms with Gasteiger partial charge in [-0.1, -0.05) is 47.0 Å². The van der Waals surface area contributed by atoms with Crippen LogP contribution in [0.15, 0.2) is 0 Å². The number of hydrogen-bond donors (Lipinski definition) is 0. The summed E-state index contributed by atoms with van der Waals surface area (Å²) >= 11 is 0. The maximum atomic E-state index is 6.35.